The van der Waals surface area contributed by atoms with Gasteiger partial charge in [0.25, 0.3) is 0 Å². The van der Waals surface area contributed by atoms with Gasteiger partial charge < -0.3 is 11.1 Å². The van der Waals surface area contributed by atoms with E-state index < -0.39 is 0 Å². The van der Waals surface area contributed by atoms with Crippen LogP contribution in [-0.4, -0.2) is 5.78 Å². The number of hydrogen-bond donors (Lipinski definition) is 2. The van der Waals surface area contributed by atoms with Crippen LogP contribution in [0.3, 0.4) is 0 Å². The normalized spacial score (nSPS) is 10.1. The maximum Gasteiger partial charge on any atom is 0.159 e. The SMILES string of the molecule is CC(=O)c1ccc(Nc2cccc(Br)c2)c(N)c1. The van der Waals surface area contributed by atoms with Crippen molar-refractivity contribution in [1.29, 1.82) is 0 Å². The van der Waals surface area contributed by atoms with Crippen LogP contribution in [0.2, 0.25) is 0 Å². The van der Waals surface area contributed by atoms with Crippen molar-refractivity contribution in [1.82, 2.24) is 0 Å². The van der Waals surface area contributed by atoms with Crippen molar-refractivity contribution in [2.45, 2.75) is 6.92 Å². The van der Waals surface area contributed by atoms with Crippen LogP contribution in [0, 0.1) is 0 Å². The quantitative estimate of drug-likeness (QED) is 0.666. The summed E-state index contributed by atoms with van der Waals surface area (Å²) in [7, 11) is 0. The molecule has 4 heteroatoms. The summed E-state index contributed by atoms with van der Waals surface area (Å²) in [5, 5.41) is 3.21. The summed E-state index contributed by atoms with van der Waals surface area (Å²) >= 11 is 3.41. The average molecular weight is 305 g/mol. The predicted molar refractivity (Wildman–Crippen MR) is 78.3 cm³/mol. The first-order valence-corrected chi connectivity index (χ1v) is 6.28. The lowest BCUT2D eigenvalue weighted by atomic mass is 10.1. The molecule has 0 radical (unpaired) electrons. The van der Waals surface area contributed by atoms with Crippen LogP contribution in [0.15, 0.2) is 46.9 Å². The molecule has 0 amide bonds. The largest absolute Gasteiger partial charge is 0.397 e. The summed E-state index contributed by atoms with van der Waals surface area (Å²) in [4.78, 5) is 11.2. The van der Waals surface area contributed by atoms with Crippen molar-refractivity contribution in [3.8, 4) is 0 Å². The maximum atomic E-state index is 11.2. The van der Waals surface area contributed by atoms with Crippen LogP contribution in [0.25, 0.3) is 0 Å². The van der Waals surface area contributed by atoms with Gasteiger partial charge in [-0.15, -0.1) is 0 Å². The first-order chi connectivity index (χ1) is 8.56. The van der Waals surface area contributed by atoms with Gasteiger partial charge in [-0.3, -0.25) is 4.79 Å². The van der Waals surface area contributed by atoms with Crippen LogP contribution >= 0.6 is 15.9 Å². The summed E-state index contributed by atoms with van der Waals surface area (Å²) in [6.07, 6.45) is 0. The molecule has 0 unspecified atom stereocenters. The number of halogens is 1. The predicted octanol–water partition coefficient (Wildman–Crippen LogP) is 3.98. The molecule has 0 fully saturated rings. The van der Waals surface area contributed by atoms with Crippen molar-refractivity contribution in [3.05, 3.63) is 52.5 Å². The number of hydrogen-bond acceptors (Lipinski definition) is 3. The molecule has 0 aromatic heterocycles. The van der Waals surface area contributed by atoms with Gasteiger partial charge in [0.15, 0.2) is 5.78 Å². The van der Waals surface area contributed by atoms with E-state index in [4.69, 9.17) is 5.73 Å². The highest BCUT2D eigenvalue weighted by molar-refractivity contribution is 9.10. The monoisotopic (exact) mass is 304 g/mol. The van der Waals surface area contributed by atoms with Crippen molar-refractivity contribution in [2.24, 2.45) is 0 Å². The number of nitrogens with one attached hydrogen (secondary N) is 1. The highest BCUT2D eigenvalue weighted by Gasteiger charge is 2.04. The van der Waals surface area contributed by atoms with Crippen LogP contribution < -0.4 is 11.1 Å². The van der Waals surface area contributed by atoms with E-state index in [0.29, 0.717) is 11.3 Å². The third-order valence-corrected chi connectivity index (χ3v) is 3.05. The topological polar surface area (TPSA) is 55.1 Å². The molecule has 3 nitrogen and oxygen atoms in total. The Kier molecular flexibility index (Phi) is 3.67. The summed E-state index contributed by atoms with van der Waals surface area (Å²) in [6, 6.07) is 13.1. The molecule has 0 atom stereocenters. The molecule has 2 aromatic carbocycles. The summed E-state index contributed by atoms with van der Waals surface area (Å²) in [6.45, 7) is 1.52. The molecule has 0 aliphatic carbocycles. The Morgan fingerprint density at radius 3 is 2.61 bits per heavy atom. The minimum absolute atomic E-state index is 0.00991. The zero-order valence-corrected chi connectivity index (χ0v) is 11.5. The Morgan fingerprint density at radius 2 is 2.00 bits per heavy atom. The maximum absolute atomic E-state index is 11.2. The zero-order chi connectivity index (χ0) is 13.1. The second kappa shape index (κ2) is 5.23. The van der Waals surface area contributed by atoms with Crippen LogP contribution in [0.5, 0.6) is 0 Å². The number of benzene rings is 2. The van der Waals surface area contributed by atoms with E-state index in [1.165, 1.54) is 6.92 Å². The Bertz CT molecular complexity index is 596. The molecule has 0 bridgehead atoms. The van der Waals surface area contributed by atoms with E-state index in [0.717, 1.165) is 15.8 Å². The number of ketones is 1. The molecule has 18 heavy (non-hydrogen) atoms. The average Bonchev–Trinajstić information content (AvgIpc) is 2.31. The smallest absolute Gasteiger partial charge is 0.159 e. The fourth-order valence-corrected chi connectivity index (χ4v) is 2.02. The second-order valence-electron chi connectivity index (χ2n) is 3.99. The van der Waals surface area contributed by atoms with Crippen LogP contribution in [0.4, 0.5) is 17.1 Å². The molecule has 0 aliphatic heterocycles. The molecule has 0 heterocycles. The van der Waals surface area contributed by atoms with Gasteiger partial charge >= 0.3 is 0 Å². The molecule has 0 aliphatic rings. The van der Waals surface area contributed by atoms with Crippen LogP contribution in [-0.2, 0) is 0 Å². The number of nitrogens with two attached hydrogens (primary N) is 1. The summed E-state index contributed by atoms with van der Waals surface area (Å²) < 4.78 is 0.992. The van der Waals surface area contributed by atoms with E-state index in [1.54, 1.807) is 12.1 Å². The molecular weight excluding hydrogens is 292 g/mol. The molecule has 3 N–H and O–H groups in total. The van der Waals surface area contributed by atoms with Crippen LogP contribution in [0.1, 0.15) is 17.3 Å². The Balaban J connectivity index is 2.27. The number of carbonyl (C=O) groups is 1. The number of carbonyl (C=O) groups excluding carboxylic acids is 1. The lowest BCUT2D eigenvalue weighted by Crippen LogP contribution is -1.99. The molecular formula is C14H13BrN2O. The van der Waals surface area contributed by atoms with E-state index in [1.807, 2.05) is 30.3 Å². The standard InChI is InChI=1S/C14H13BrN2O/c1-9(18)10-5-6-14(13(16)7-10)17-12-4-2-3-11(15)8-12/h2-8,17H,16H2,1H3. The lowest BCUT2D eigenvalue weighted by molar-refractivity contribution is 0.101. The summed E-state index contributed by atoms with van der Waals surface area (Å²) in [5.74, 6) is 0.00991. The van der Waals surface area contributed by atoms with Gasteiger partial charge in [0.2, 0.25) is 0 Å². The van der Waals surface area contributed by atoms with E-state index in [9.17, 15) is 4.79 Å². The fourth-order valence-electron chi connectivity index (χ4n) is 1.62. The Labute approximate surface area is 114 Å². The van der Waals surface area contributed by atoms with Crippen molar-refractivity contribution in [3.63, 3.8) is 0 Å². The van der Waals surface area contributed by atoms with Gasteiger partial charge in [0, 0.05) is 15.7 Å². The highest BCUT2D eigenvalue weighted by atomic mass is 79.9. The third-order valence-electron chi connectivity index (χ3n) is 2.56. The molecule has 0 saturated heterocycles. The van der Waals surface area contributed by atoms with Crippen molar-refractivity contribution >= 4 is 38.8 Å². The van der Waals surface area contributed by atoms with Crippen molar-refractivity contribution in [2.75, 3.05) is 11.1 Å². The molecule has 2 rings (SSSR count). The Hall–Kier alpha value is -1.81. The third kappa shape index (κ3) is 2.90. The summed E-state index contributed by atoms with van der Waals surface area (Å²) in [5.41, 5.74) is 8.82. The number of nitrogen functional groups attached to an aromatic ring is 1. The molecule has 0 saturated carbocycles. The van der Waals surface area contributed by atoms with Crippen molar-refractivity contribution < 1.29 is 4.79 Å². The van der Waals surface area contributed by atoms with Gasteiger partial charge in [-0.2, -0.15) is 0 Å². The highest BCUT2D eigenvalue weighted by Crippen LogP contribution is 2.25. The number of rotatable bonds is 3. The number of Topliss-reactive ketones (excluding diaryl/α,β-unsaturated/α-hetero) is 1. The minimum Gasteiger partial charge on any atom is -0.397 e. The van der Waals surface area contributed by atoms with E-state index in [-0.39, 0.29) is 5.78 Å². The van der Waals surface area contributed by atoms with Gasteiger partial charge in [-0.05, 0) is 43.3 Å². The first kappa shape index (κ1) is 12.6. The van der Waals surface area contributed by atoms with E-state index in [2.05, 4.69) is 21.2 Å². The fraction of sp³-hybridized carbons (Fsp3) is 0.0714. The molecule has 2 aromatic rings. The van der Waals surface area contributed by atoms with Gasteiger partial charge in [-0.1, -0.05) is 22.0 Å². The number of anilines is 3. The minimum atomic E-state index is 0.00991. The molecule has 0 spiro atoms. The van der Waals surface area contributed by atoms with Gasteiger partial charge in [0.1, 0.15) is 0 Å². The van der Waals surface area contributed by atoms with Gasteiger partial charge in [0.05, 0.1) is 11.4 Å². The Morgan fingerprint density at radius 1 is 1.22 bits per heavy atom. The first-order valence-electron chi connectivity index (χ1n) is 5.49. The molecule has 92 valence electrons. The zero-order valence-electron chi connectivity index (χ0n) is 9.91. The van der Waals surface area contributed by atoms with E-state index >= 15 is 0 Å². The van der Waals surface area contributed by atoms with Gasteiger partial charge in [-0.25, -0.2) is 0 Å². The second-order valence-corrected chi connectivity index (χ2v) is 4.91. The lowest BCUT2D eigenvalue weighted by Gasteiger charge is -2.10.